The number of benzene rings is 2. The van der Waals surface area contributed by atoms with E-state index in [0.717, 1.165) is 76.2 Å². The molecule has 238 valence electrons. The second-order valence-electron chi connectivity index (χ2n) is 12.5. The number of fused-ring (bicyclic) bond motifs is 1. The first-order valence-corrected chi connectivity index (χ1v) is 15.9. The molecule has 10 heteroatoms. The minimum Gasteiger partial charge on any atom is -0.507 e. The predicted molar refractivity (Wildman–Crippen MR) is 174 cm³/mol. The van der Waals surface area contributed by atoms with E-state index in [1.54, 1.807) is 0 Å². The highest BCUT2D eigenvalue weighted by Crippen LogP contribution is 2.48. The number of carbonyl (C=O) groups excluding carboxylic acids is 1. The number of amides is 1. The number of hydrogen-bond donors (Lipinski definition) is 1. The zero-order chi connectivity index (χ0) is 31.7. The Morgan fingerprint density at radius 3 is 2.53 bits per heavy atom. The molecule has 1 spiro atoms. The van der Waals surface area contributed by atoms with Crippen LogP contribution in [0.15, 0.2) is 43.0 Å². The number of hydrogen-bond acceptors (Lipinski definition) is 8. The Kier molecular flexibility index (Phi) is 8.68. The summed E-state index contributed by atoms with van der Waals surface area (Å²) >= 11 is 0. The van der Waals surface area contributed by atoms with Gasteiger partial charge in [-0.15, -0.1) is 0 Å². The lowest BCUT2D eigenvalue weighted by molar-refractivity contribution is -0.139. The largest absolute Gasteiger partial charge is 0.507 e. The Bertz CT molecular complexity index is 1600. The maximum absolute atomic E-state index is 15.4. The molecular formula is C35H42FN5O4. The number of phenolic OH excluding ortho intramolecular Hbond substituents is 1. The fraction of sp³-hybridized carbons (Fsp3) is 0.457. The number of carbonyl (C=O) groups is 1. The van der Waals surface area contributed by atoms with Gasteiger partial charge in [0.25, 0.3) is 0 Å². The van der Waals surface area contributed by atoms with Gasteiger partial charge in [-0.3, -0.25) is 4.79 Å². The number of likely N-dealkylation sites (tertiary alicyclic amines) is 2. The Balaban J connectivity index is 1.47. The van der Waals surface area contributed by atoms with E-state index in [2.05, 4.69) is 23.4 Å². The van der Waals surface area contributed by atoms with Gasteiger partial charge in [0, 0.05) is 55.6 Å². The maximum Gasteiger partial charge on any atom is 0.319 e. The lowest BCUT2D eigenvalue weighted by atomic mass is 9.72. The van der Waals surface area contributed by atoms with Crippen molar-refractivity contribution in [3.63, 3.8) is 0 Å². The smallest absolute Gasteiger partial charge is 0.319 e. The molecule has 3 aliphatic heterocycles. The number of rotatable bonds is 8. The molecule has 0 bridgehead atoms. The summed E-state index contributed by atoms with van der Waals surface area (Å²) in [5, 5.41) is 11.7. The van der Waals surface area contributed by atoms with Crippen LogP contribution in [-0.2, 0) is 4.79 Å². The summed E-state index contributed by atoms with van der Waals surface area (Å²) in [6, 6.07) is 6.53. The van der Waals surface area contributed by atoms with Gasteiger partial charge in [0.15, 0.2) is 5.75 Å². The Labute approximate surface area is 264 Å². The van der Waals surface area contributed by atoms with Crippen LogP contribution in [0, 0.1) is 11.2 Å². The maximum atomic E-state index is 15.4. The first-order valence-electron chi connectivity index (χ1n) is 15.9. The van der Waals surface area contributed by atoms with Gasteiger partial charge in [0.1, 0.15) is 29.0 Å². The summed E-state index contributed by atoms with van der Waals surface area (Å²) in [4.78, 5) is 28.5. The number of nitrogens with zero attached hydrogens (tertiary/aromatic N) is 5. The molecule has 0 radical (unpaired) electrons. The molecule has 3 fully saturated rings. The highest BCUT2D eigenvalue weighted by molar-refractivity contribution is 6.02. The standard InChI is InChI=1S/C35H42FN5O4/c1-5-9-23-20-25-31(32(44-7-3)29(23)30-26(36)10-8-11-27(30)42)37-34(45-24-12-16-39(4)17-13-24)38-33(25)40-18-14-35(15-19-40)21-41(22-35)28(43)6-2/h5-6,8-11,20,24,42H,2,7,12-19,21-22H2,1,3-4H3/b9-5+. The van der Waals surface area contributed by atoms with E-state index in [9.17, 15) is 9.90 Å². The normalized spacial score (nSPS) is 18.8. The zero-order valence-corrected chi connectivity index (χ0v) is 26.4. The number of aromatic nitrogens is 2. The SMILES string of the molecule is C=CC(=O)N1CC2(CCN(c3nc(OC4CCN(C)CC4)nc4c(OCC)c(-c5c(O)cccc5F)c(/C=C/C)cc34)CC2)C1. The third-order valence-electron chi connectivity index (χ3n) is 9.41. The summed E-state index contributed by atoms with van der Waals surface area (Å²) in [5.74, 6) is 0.378. The van der Waals surface area contributed by atoms with E-state index in [1.165, 1.54) is 24.3 Å². The Morgan fingerprint density at radius 1 is 1.16 bits per heavy atom. The Hall–Kier alpha value is -4.18. The van der Waals surface area contributed by atoms with Crippen LogP contribution >= 0.6 is 0 Å². The highest BCUT2D eigenvalue weighted by atomic mass is 19.1. The second-order valence-corrected chi connectivity index (χ2v) is 12.5. The van der Waals surface area contributed by atoms with Gasteiger partial charge in [-0.05, 0) is 76.4 Å². The molecule has 9 nitrogen and oxygen atoms in total. The van der Waals surface area contributed by atoms with Crippen LogP contribution in [0.4, 0.5) is 10.2 Å². The van der Waals surface area contributed by atoms with Crippen molar-refractivity contribution >= 4 is 28.7 Å². The molecular weight excluding hydrogens is 573 g/mol. The van der Waals surface area contributed by atoms with E-state index in [0.29, 0.717) is 29.0 Å². The summed E-state index contributed by atoms with van der Waals surface area (Å²) in [5.41, 5.74) is 1.81. The van der Waals surface area contributed by atoms with E-state index in [4.69, 9.17) is 19.4 Å². The van der Waals surface area contributed by atoms with Gasteiger partial charge in [-0.1, -0.05) is 24.8 Å². The molecule has 3 aliphatic rings. The molecule has 0 saturated carbocycles. The topological polar surface area (TPSA) is 91.3 Å². The van der Waals surface area contributed by atoms with E-state index in [-0.39, 0.29) is 34.7 Å². The minimum atomic E-state index is -0.552. The fourth-order valence-corrected chi connectivity index (χ4v) is 6.94. The summed E-state index contributed by atoms with van der Waals surface area (Å²) in [6.07, 6.45) is 8.71. The van der Waals surface area contributed by atoms with Crippen molar-refractivity contribution in [1.29, 1.82) is 0 Å². The molecule has 0 atom stereocenters. The van der Waals surface area contributed by atoms with Gasteiger partial charge >= 0.3 is 6.01 Å². The third kappa shape index (κ3) is 5.95. The molecule has 6 rings (SSSR count). The van der Waals surface area contributed by atoms with E-state index in [1.807, 2.05) is 37.0 Å². The molecule has 45 heavy (non-hydrogen) atoms. The monoisotopic (exact) mass is 615 g/mol. The molecule has 1 aromatic heterocycles. The van der Waals surface area contributed by atoms with Crippen LogP contribution < -0.4 is 14.4 Å². The van der Waals surface area contributed by atoms with Gasteiger partial charge in [0.05, 0.1) is 12.2 Å². The first kappa shape index (κ1) is 30.8. The average molecular weight is 616 g/mol. The van der Waals surface area contributed by atoms with Crippen LogP contribution in [0.1, 0.15) is 45.1 Å². The molecule has 1 N–H and O–H groups in total. The Morgan fingerprint density at radius 2 is 1.89 bits per heavy atom. The lowest BCUT2D eigenvalue weighted by Gasteiger charge is -2.54. The van der Waals surface area contributed by atoms with Crippen molar-refractivity contribution in [2.24, 2.45) is 5.41 Å². The molecule has 4 heterocycles. The van der Waals surface area contributed by atoms with Gasteiger partial charge in [0.2, 0.25) is 5.91 Å². The number of aromatic hydroxyl groups is 1. The summed E-state index contributed by atoms with van der Waals surface area (Å²) in [6.45, 7) is 12.6. The van der Waals surface area contributed by atoms with Crippen LogP contribution in [0.5, 0.6) is 17.5 Å². The minimum absolute atomic E-state index is 0.0165. The number of anilines is 1. The highest BCUT2D eigenvalue weighted by Gasteiger charge is 2.46. The fourth-order valence-electron chi connectivity index (χ4n) is 6.94. The number of piperidine rings is 2. The van der Waals surface area contributed by atoms with Crippen LogP contribution in [-0.4, -0.2) is 89.8 Å². The van der Waals surface area contributed by atoms with E-state index >= 15 is 4.39 Å². The van der Waals surface area contributed by atoms with Crippen molar-refractivity contribution in [1.82, 2.24) is 19.8 Å². The number of phenols is 1. The van der Waals surface area contributed by atoms with Gasteiger partial charge in [-0.2, -0.15) is 9.97 Å². The predicted octanol–water partition coefficient (Wildman–Crippen LogP) is 5.66. The lowest BCUT2D eigenvalue weighted by Crippen LogP contribution is -2.61. The van der Waals surface area contributed by atoms with Crippen LogP contribution in [0.3, 0.4) is 0 Å². The molecule has 3 aromatic rings. The third-order valence-corrected chi connectivity index (χ3v) is 9.41. The van der Waals surface area contributed by atoms with Crippen LogP contribution in [0.25, 0.3) is 28.1 Å². The first-order chi connectivity index (χ1) is 21.8. The number of ether oxygens (including phenoxy) is 2. The summed E-state index contributed by atoms with van der Waals surface area (Å²) in [7, 11) is 2.11. The molecule has 0 unspecified atom stereocenters. The molecule has 1 amide bonds. The number of allylic oxidation sites excluding steroid dienone is 1. The van der Waals surface area contributed by atoms with E-state index < -0.39 is 5.82 Å². The van der Waals surface area contributed by atoms with Gasteiger partial charge < -0.3 is 29.3 Å². The molecule has 3 saturated heterocycles. The van der Waals surface area contributed by atoms with Crippen molar-refractivity contribution in [3.8, 4) is 28.6 Å². The van der Waals surface area contributed by atoms with Crippen molar-refractivity contribution in [3.05, 3.63) is 54.4 Å². The number of halogens is 1. The average Bonchev–Trinajstić information content (AvgIpc) is 3.02. The summed E-state index contributed by atoms with van der Waals surface area (Å²) < 4.78 is 28.2. The second kappa shape index (κ2) is 12.7. The van der Waals surface area contributed by atoms with Crippen LogP contribution in [0.2, 0.25) is 0 Å². The quantitative estimate of drug-likeness (QED) is 0.325. The van der Waals surface area contributed by atoms with Crippen molar-refractivity contribution in [2.45, 2.75) is 45.6 Å². The zero-order valence-electron chi connectivity index (χ0n) is 26.4. The molecule has 0 aliphatic carbocycles. The van der Waals surface area contributed by atoms with Crippen molar-refractivity contribution in [2.75, 3.05) is 57.8 Å². The van der Waals surface area contributed by atoms with Gasteiger partial charge in [-0.25, -0.2) is 4.39 Å². The molecule has 2 aromatic carbocycles. The van der Waals surface area contributed by atoms with Crippen molar-refractivity contribution < 1.29 is 23.8 Å².